The fourth-order valence-corrected chi connectivity index (χ4v) is 3.90. The Balaban J connectivity index is 1.40. The van der Waals surface area contributed by atoms with E-state index in [0.717, 1.165) is 28.3 Å². The normalized spacial score (nSPS) is 10.9. The van der Waals surface area contributed by atoms with Crippen molar-refractivity contribution < 1.29 is 27.8 Å². The zero-order chi connectivity index (χ0) is 25.2. The van der Waals surface area contributed by atoms with Gasteiger partial charge in [-0.25, -0.2) is 8.78 Å². The predicted molar refractivity (Wildman–Crippen MR) is 133 cm³/mol. The van der Waals surface area contributed by atoms with Crippen molar-refractivity contribution in [3.63, 3.8) is 0 Å². The number of ether oxygens (including phenoxy) is 3. The number of fused-ring (bicyclic) bond motifs is 2. The quantitative estimate of drug-likeness (QED) is 0.288. The van der Waals surface area contributed by atoms with Gasteiger partial charge < -0.3 is 19.5 Å². The van der Waals surface area contributed by atoms with Crippen LogP contribution in [0.2, 0.25) is 0 Å². The monoisotopic (exact) mass is 486 g/mol. The van der Waals surface area contributed by atoms with Crippen LogP contribution in [-0.2, 0) is 0 Å². The molecule has 180 valence electrons. The van der Waals surface area contributed by atoms with E-state index in [9.17, 15) is 13.6 Å². The van der Waals surface area contributed by atoms with Crippen molar-refractivity contribution in [2.45, 2.75) is 0 Å². The van der Waals surface area contributed by atoms with Crippen LogP contribution in [0.3, 0.4) is 0 Å². The summed E-state index contributed by atoms with van der Waals surface area (Å²) in [5, 5.41) is 5.12. The highest BCUT2D eigenvalue weighted by atomic mass is 19.1. The van der Waals surface area contributed by atoms with Crippen LogP contribution in [0.15, 0.2) is 79.0 Å². The van der Waals surface area contributed by atoms with E-state index in [0.29, 0.717) is 40.3 Å². The lowest BCUT2D eigenvalue weighted by atomic mass is 10.1. The number of methoxy groups -OCH3 is 2. The highest BCUT2D eigenvalue weighted by molar-refractivity contribution is 6.05. The van der Waals surface area contributed by atoms with E-state index in [1.165, 1.54) is 0 Å². The molecule has 0 saturated heterocycles. The van der Waals surface area contributed by atoms with E-state index in [2.05, 4.69) is 10.3 Å². The number of hydrogen-bond donors (Lipinski definition) is 1. The number of aromatic nitrogens is 1. The number of nitrogens with one attached hydrogen (secondary N) is 1. The smallest absolute Gasteiger partial charge is 0.258 e. The van der Waals surface area contributed by atoms with Crippen LogP contribution in [0.4, 0.5) is 14.5 Å². The molecule has 36 heavy (non-hydrogen) atoms. The fraction of sp³-hybridized carbons (Fsp3) is 0.0714. The van der Waals surface area contributed by atoms with Crippen LogP contribution >= 0.6 is 0 Å². The molecule has 0 unspecified atom stereocenters. The van der Waals surface area contributed by atoms with Gasteiger partial charge in [-0.2, -0.15) is 0 Å². The lowest BCUT2D eigenvalue weighted by molar-refractivity contribution is 0.102. The SMILES string of the molecule is COc1cc2nccc(Oc3ccc4cc(NC(=O)c5ccc(F)cc5F)ccc4c3)c2cc1OC. The Labute approximate surface area is 205 Å². The molecule has 1 amide bonds. The third kappa shape index (κ3) is 4.48. The van der Waals surface area contributed by atoms with Crippen molar-refractivity contribution in [1.29, 1.82) is 0 Å². The molecule has 1 aromatic heterocycles. The van der Waals surface area contributed by atoms with Crippen molar-refractivity contribution >= 4 is 33.3 Å². The maximum atomic E-state index is 13.9. The summed E-state index contributed by atoms with van der Waals surface area (Å²) in [5.74, 6) is 0.0203. The highest BCUT2D eigenvalue weighted by Crippen LogP contribution is 2.37. The summed E-state index contributed by atoms with van der Waals surface area (Å²) in [6.45, 7) is 0. The molecule has 4 aromatic carbocycles. The number of carbonyl (C=O) groups excluding carboxylic acids is 1. The van der Waals surface area contributed by atoms with Gasteiger partial charge >= 0.3 is 0 Å². The van der Waals surface area contributed by atoms with Crippen molar-refractivity contribution in [2.75, 3.05) is 19.5 Å². The van der Waals surface area contributed by atoms with Gasteiger partial charge in [-0.15, -0.1) is 0 Å². The molecule has 5 aromatic rings. The molecule has 0 saturated carbocycles. The van der Waals surface area contributed by atoms with Crippen LogP contribution in [0, 0.1) is 11.6 Å². The number of rotatable bonds is 6. The summed E-state index contributed by atoms with van der Waals surface area (Å²) in [5.41, 5.74) is 0.939. The fourth-order valence-electron chi connectivity index (χ4n) is 3.90. The molecule has 0 spiro atoms. The molecular weight excluding hydrogens is 466 g/mol. The Hall–Kier alpha value is -4.72. The van der Waals surface area contributed by atoms with E-state index in [1.54, 1.807) is 50.7 Å². The topological polar surface area (TPSA) is 69.7 Å². The van der Waals surface area contributed by atoms with Crippen molar-refractivity contribution in [3.05, 3.63) is 96.2 Å². The van der Waals surface area contributed by atoms with Gasteiger partial charge in [0.05, 0.1) is 25.3 Å². The molecule has 6 nitrogen and oxygen atoms in total. The number of hydrogen-bond acceptors (Lipinski definition) is 5. The Morgan fingerprint density at radius 1 is 0.806 bits per heavy atom. The van der Waals surface area contributed by atoms with E-state index in [4.69, 9.17) is 14.2 Å². The van der Waals surface area contributed by atoms with Gasteiger partial charge in [0.1, 0.15) is 23.1 Å². The first-order valence-corrected chi connectivity index (χ1v) is 10.9. The molecule has 5 rings (SSSR count). The van der Waals surface area contributed by atoms with Crippen LogP contribution in [-0.4, -0.2) is 25.1 Å². The first-order chi connectivity index (χ1) is 17.4. The van der Waals surface area contributed by atoms with E-state index in [1.807, 2.05) is 24.3 Å². The Kier molecular flexibility index (Phi) is 6.08. The molecule has 1 N–H and O–H groups in total. The van der Waals surface area contributed by atoms with Gasteiger partial charge in [-0.05, 0) is 59.3 Å². The molecule has 0 bridgehead atoms. The number of pyridine rings is 1. The Morgan fingerprint density at radius 2 is 1.56 bits per heavy atom. The number of benzene rings is 4. The molecule has 1 heterocycles. The van der Waals surface area contributed by atoms with Gasteiger partial charge in [0, 0.05) is 29.4 Å². The van der Waals surface area contributed by atoms with Gasteiger partial charge in [0.15, 0.2) is 11.5 Å². The molecule has 0 fully saturated rings. The van der Waals surface area contributed by atoms with Gasteiger partial charge in [-0.1, -0.05) is 12.1 Å². The summed E-state index contributed by atoms with van der Waals surface area (Å²) in [6.07, 6.45) is 1.66. The molecule has 8 heteroatoms. The molecule has 0 atom stereocenters. The zero-order valence-corrected chi connectivity index (χ0v) is 19.3. The van der Waals surface area contributed by atoms with E-state index < -0.39 is 17.5 Å². The van der Waals surface area contributed by atoms with Crippen LogP contribution in [0.25, 0.3) is 21.7 Å². The van der Waals surface area contributed by atoms with Crippen LogP contribution in [0.5, 0.6) is 23.0 Å². The second kappa shape index (κ2) is 9.50. The number of halogens is 2. The maximum absolute atomic E-state index is 13.9. The third-order valence-corrected chi connectivity index (χ3v) is 5.68. The molecule has 0 radical (unpaired) electrons. The lowest BCUT2D eigenvalue weighted by Crippen LogP contribution is -2.13. The highest BCUT2D eigenvalue weighted by Gasteiger charge is 2.14. The minimum atomic E-state index is -0.922. The molecule has 0 aliphatic rings. The second-order valence-electron chi connectivity index (χ2n) is 7.94. The third-order valence-electron chi connectivity index (χ3n) is 5.68. The minimum Gasteiger partial charge on any atom is -0.493 e. The summed E-state index contributed by atoms with van der Waals surface area (Å²) >= 11 is 0. The summed E-state index contributed by atoms with van der Waals surface area (Å²) in [6, 6.07) is 19.0. The van der Waals surface area contributed by atoms with Crippen LogP contribution in [0.1, 0.15) is 10.4 Å². The van der Waals surface area contributed by atoms with Crippen molar-refractivity contribution in [2.24, 2.45) is 0 Å². The van der Waals surface area contributed by atoms with Gasteiger partial charge in [0.25, 0.3) is 5.91 Å². The lowest BCUT2D eigenvalue weighted by Gasteiger charge is -2.13. The molecular formula is C28H20F2N2O4. The first-order valence-electron chi connectivity index (χ1n) is 10.9. The minimum absolute atomic E-state index is 0.237. The average molecular weight is 486 g/mol. The van der Waals surface area contributed by atoms with Gasteiger partial charge in [-0.3, -0.25) is 9.78 Å². The summed E-state index contributed by atoms with van der Waals surface area (Å²) in [4.78, 5) is 16.8. The van der Waals surface area contributed by atoms with Crippen molar-refractivity contribution in [1.82, 2.24) is 4.98 Å². The Morgan fingerprint density at radius 3 is 2.33 bits per heavy atom. The average Bonchev–Trinajstić information content (AvgIpc) is 2.88. The molecule has 0 aliphatic heterocycles. The van der Waals surface area contributed by atoms with Gasteiger partial charge in [0.2, 0.25) is 0 Å². The summed E-state index contributed by atoms with van der Waals surface area (Å²) < 4.78 is 44.0. The summed E-state index contributed by atoms with van der Waals surface area (Å²) in [7, 11) is 3.13. The second-order valence-corrected chi connectivity index (χ2v) is 7.94. The van der Waals surface area contributed by atoms with E-state index in [-0.39, 0.29) is 5.56 Å². The van der Waals surface area contributed by atoms with E-state index >= 15 is 0 Å². The zero-order valence-electron chi connectivity index (χ0n) is 19.3. The Bertz CT molecular complexity index is 1620. The predicted octanol–water partition coefficient (Wildman–Crippen LogP) is 6.73. The first kappa shape index (κ1) is 23.0. The maximum Gasteiger partial charge on any atom is 0.258 e. The number of amides is 1. The number of nitrogens with zero attached hydrogens (tertiary/aromatic N) is 1. The standard InChI is InChI=1S/C28H20F2N2O4/c1-34-26-14-22-24(15-27(26)35-2)31-10-9-25(22)36-20-7-4-16-11-19(6-3-17(16)12-20)32-28(33)21-8-5-18(29)13-23(21)30/h3-15H,1-2H3,(H,32,33). The largest absolute Gasteiger partial charge is 0.493 e. The van der Waals surface area contributed by atoms with Crippen LogP contribution < -0.4 is 19.5 Å². The van der Waals surface area contributed by atoms with Crippen molar-refractivity contribution in [3.8, 4) is 23.0 Å². The number of anilines is 1. The molecule has 0 aliphatic carbocycles. The number of carbonyl (C=O) groups is 1.